The standard InChI is InChI=1S/C17H18FN7O3S/c18-11-28-13-3-1-2-12(8-13)23-4-6-24(7-5-23)17-19-9-14(29-17)16-20-22-25(21-16)10-15(26)27/h1-3,8-9H,4-7,10-11H2,(H,26,27). The smallest absolute Gasteiger partial charge is 0.327 e. The molecule has 0 unspecified atom stereocenters. The Morgan fingerprint density at radius 3 is 2.79 bits per heavy atom. The number of thiazole rings is 1. The molecule has 1 aliphatic rings. The Hall–Kier alpha value is -3.28. The van der Waals surface area contributed by atoms with Crippen LogP contribution in [0.3, 0.4) is 0 Å². The van der Waals surface area contributed by atoms with E-state index in [-0.39, 0.29) is 6.54 Å². The third kappa shape index (κ3) is 4.42. The first kappa shape index (κ1) is 19.1. The van der Waals surface area contributed by atoms with Crippen LogP contribution in [0, 0.1) is 0 Å². The maximum atomic E-state index is 12.4. The number of aromatic nitrogens is 5. The van der Waals surface area contributed by atoms with Crippen molar-refractivity contribution in [2.45, 2.75) is 6.54 Å². The summed E-state index contributed by atoms with van der Waals surface area (Å²) in [5, 5.41) is 21.4. The van der Waals surface area contributed by atoms with Crippen LogP contribution in [0.25, 0.3) is 10.7 Å². The summed E-state index contributed by atoms with van der Waals surface area (Å²) >= 11 is 1.44. The van der Waals surface area contributed by atoms with E-state index >= 15 is 0 Å². The summed E-state index contributed by atoms with van der Waals surface area (Å²) in [5.41, 5.74) is 0.995. The maximum Gasteiger partial charge on any atom is 0.327 e. The first-order chi connectivity index (χ1) is 14.1. The predicted molar refractivity (Wildman–Crippen MR) is 104 cm³/mol. The Kier molecular flexibility index (Phi) is 5.51. The summed E-state index contributed by atoms with van der Waals surface area (Å²) < 4.78 is 17.3. The summed E-state index contributed by atoms with van der Waals surface area (Å²) in [6, 6.07) is 7.40. The fraction of sp³-hybridized carbons (Fsp3) is 0.353. The van der Waals surface area contributed by atoms with Gasteiger partial charge in [0.15, 0.2) is 11.7 Å². The number of alkyl halides is 1. The van der Waals surface area contributed by atoms with Crippen molar-refractivity contribution in [3.63, 3.8) is 0 Å². The summed E-state index contributed by atoms with van der Waals surface area (Å²) in [6.07, 6.45) is 1.67. The van der Waals surface area contributed by atoms with Gasteiger partial charge in [0.1, 0.15) is 5.75 Å². The Labute approximate surface area is 169 Å². The molecule has 1 N–H and O–H groups in total. The van der Waals surface area contributed by atoms with Gasteiger partial charge in [-0.15, -0.1) is 10.2 Å². The van der Waals surface area contributed by atoms with Crippen molar-refractivity contribution in [2.24, 2.45) is 0 Å². The van der Waals surface area contributed by atoms with E-state index in [0.717, 1.165) is 46.7 Å². The van der Waals surface area contributed by atoms with Gasteiger partial charge in [0, 0.05) is 37.9 Å². The predicted octanol–water partition coefficient (Wildman–Crippen LogP) is 1.51. The van der Waals surface area contributed by atoms with Gasteiger partial charge in [-0.3, -0.25) is 4.79 Å². The summed E-state index contributed by atoms with van der Waals surface area (Å²) in [6.45, 7) is 1.96. The molecule has 0 atom stereocenters. The molecule has 1 aliphatic heterocycles. The van der Waals surface area contributed by atoms with Gasteiger partial charge >= 0.3 is 5.97 Å². The van der Waals surface area contributed by atoms with E-state index in [1.54, 1.807) is 12.3 Å². The Morgan fingerprint density at radius 1 is 1.24 bits per heavy atom. The van der Waals surface area contributed by atoms with E-state index in [9.17, 15) is 9.18 Å². The number of hydrogen-bond donors (Lipinski definition) is 1. The Morgan fingerprint density at radius 2 is 2.03 bits per heavy atom. The Balaban J connectivity index is 1.39. The molecular formula is C17H18FN7O3S. The van der Waals surface area contributed by atoms with Gasteiger partial charge in [0.2, 0.25) is 12.7 Å². The molecule has 0 saturated carbocycles. The molecule has 0 amide bonds. The van der Waals surface area contributed by atoms with Crippen molar-refractivity contribution in [2.75, 3.05) is 42.8 Å². The topological polar surface area (TPSA) is 109 Å². The highest BCUT2D eigenvalue weighted by Crippen LogP contribution is 2.30. The van der Waals surface area contributed by atoms with E-state index in [1.807, 2.05) is 18.2 Å². The third-order valence-corrected chi connectivity index (χ3v) is 5.45. The minimum Gasteiger partial charge on any atom is -0.480 e. The van der Waals surface area contributed by atoms with Crippen LogP contribution in [0.1, 0.15) is 0 Å². The van der Waals surface area contributed by atoms with Gasteiger partial charge in [0.25, 0.3) is 0 Å². The van der Waals surface area contributed by atoms with Gasteiger partial charge in [-0.2, -0.15) is 4.80 Å². The fourth-order valence-electron chi connectivity index (χ4n) is 3.03. The third-order valence-electron chi connectivity index (χ3n) is 4.40. The maximum absolute atomic E-state index is 12.4. The second kappa shape index (κ2) is 8.39. The number of tetrazole rings is 1. The molecular weight excluding hydrogens is 401 g/mol. The van der Waals surface area contributed by atoms with Crippen LogP contribution in [0.2, 0.25) is 0 Å². The van der Waals surface area contributed by atoms with Crippen molar-refractivity contribution in [3.8, 4) is 16.5 Å². The number of hydrogen-bond acceptors (Lipinski definition) is 9. The van der Waals surface area contributed by atoms with E-state index in [4.69, 9.17) is 9.84 Å². The molecule has 0 radical (unpaired) electrons. The van der Waals surface area contributed by atoms with Crippen molar-refractivity contribution in [1.29, 1.82) is 0 Å². The number of piperazine rings is 1. The van der Waals surface area contributed by atoms with Crippen LogP contribution in [-0.4, -0.2) is 69.3 Å². The molecule has 3 aromatic rings. The zero-order valence-corrected chi connectivity index (χ0v) is 16.1. The number of benzene rings is 1. The first-order valence-electron chi connectivity index (χ1n) is 8.87. The average Bonchev–Trinajstić information content (AvgIpc) is 3.38. The number of carboxylic acid groups (broad SMARTS) is 1. The molecule has 12 heteroatoms. The SMILES string of the molecule is O=C(O)Cn1nnc(-c2cnc(N3CCN(c4cccc(OCF)c4)CC3)s2)n1. The largest absolute Gasteiger partial charge is 0.480 e. The highest BCUT2D eigenvalue weighted by Gasteiger charge is 2.21. The molecule has 152 valence electrons. The number of aliphatic carboxylic acids is 1. The molecule has 0 spiro atoms. The summed E-state index contributed by atoms with van der Waals surface area (Å²) in [7, 11) is 0. The molecule has 0 aliphatic carbocycles. The summed E-state index contributed by atoms with van der Waals surface area (Å²) in [5.74, 6) is -0.155. The highest BCUT2D eigenvalue weighted by molar-refractivity contribution is 7.18. The van der Waals surface area contributed by atoms with Crippen molar-refractivity contribution in [3.05, 3.63) is 30.5 Å². The Bertz CT molecular complexity index is 987. The molecule has 10 nitrogen and oxygen atoms in total. The zero-order chi connectivity index (χ0) is 20.2. The minimum atomic E-state index is -1.03. The van der Waals surface area contributed by atoms with Gasteiger partial charge in [0.05, 0.1) is 11.1 Å². The number of carboxylic acids is 1. The zero-order valence-electron chi connectivity index (χ0n) is 15.3. The van der Waals surface area contributed by atoms with Gasteiger partial charge in [-0.1, -0.05) is 17.4 Å². The van der Waals surface area contributed by atoms with Gasteiger partial charge < -0.3 is 19.6 Å². The lowest BCUT2D eigenvalue weighted by molar-refractivity contribution is -0.138. The number of carbonyl (C=O) groups is 1. The lowest BCUT2D eigenvalue weighted by Gasteiger charge is -2.36. The van der Waals surface area contributed by atoms with E-state index < -0.39 is 12.8 Å². The van der Waals surface area contributed by atoms with Gasteiger partial charge in [-0.05, 0) is 17.3 Å². The lowest BCUT2D eigenvalue weighted by atomic mass is 10.2. The number of rotatable bonds is 7. The van der Waals surface area contributed by atoms with Crippen LogP contribution in [-0.2, 0) is 11.3 Å². The number of nitrogens with zero attached hydrogens (tertiary/aromatic N) is 7. The van der Waals surface area contributed by atoms with Crippen LogP contribution in [0.15, 0.2) is 30.5 Å². The molecule has 1 fully saturated rings. The normalized spacial score (nSPS) is 14.2. The molecule has 0 bridgehead atoms. The van der Waals surface area contributed by atoms with Crippen LogP contribution in [0.5, 0.6) is 5.75 Å². The quantitative estimate of drug-likeness (QED) is 0.609. The number of halogens is 1. The average molecular weight is 419 g/mol. The molecule has 1 saturated heterocycles. The fourth-order valence-corrected chi connectivity index (χ4v) is 3.93. The first-order valence-corrected chi connectivity index (χ1v) is 9.68. The second-order valence-corrected chi connectivity index (χ2v) is 7.28. The van der Waals surface area contributed by atoms with Gasteiger partial charge in [-0.25, -0.2) is 9.37 Å². The monoisotopic (exact) mass is 419 g/mol. The van der Waals surface area contributed by atoms with E-state index in [1.165, 1.54) is 11.3 Å². The van der Waals surface area contributed by atoms with E-state index in [2.05, 4.69) is 30.2 Å². The van der Waals surface area contributed by atoms with Crippen LogP contribution in [0.4, 0.5) is 15.2 Å². The second-order valence-electron chi connectivity index (χ2n) is 6.27. The van der Waals surface area contributed by atoms with Crippen molar-refractivity contribution in [1.82, 2.24) is 25.2 Å². The van der Waals surface area contributed by atoms with Crippen LogP contribution >= 0.6 is 11.3 Å². The molecule has 29 heavy (non-hydrogen) atoms. The van der Waals surface area contributed by atoms with Crippen molar-refractivity contribution >= 4 is 28.1 Å². The number of ether oxygens (including phenoxy) is 1. The minimum absolute atomic E-state index is 0.335. The molecule has 4 rings (SSSR count). The number of anilines is 2. The van der Waals surface area contributed by atoms with Crippen molar-refractivity contribution < 1.29 is 19.0 Å². The summed E-state index contributed by atoms with van der Waals surface area (Å²) in [4.78, 5) is 21.3. The lowest BCUT2D eigenvalue weighted by Crippen LogP contribution is -2.46. The molecule has 2 aromatic heterocycles. The highest BCUT2D eigenvalue weighted by atomic mass is 32.1. The molecule has 1 aromatic carbocycles. The van der Waals surface area contributed by atoms with Crippen LogP contribution < -0.4 is 14.5 Å². The molecule has 3 heterocycles. The van der Waals surface area contributed by atoms with E-state index in [0.29, 0.717) is 11.6 Å².